The molecule has 0 bridgehead atoms. The highest BCUT2D eigenvalue weighted by Crippen LogP contribution is 2.38. The van der Waals surface area contributed by atoms with E-state index in [1.165, 1.54) is 0 Å². The van der Waals surface area contributed by atoms with Crippen LogP contribution < -0.4 is 0 Å². The quantitative estimate of drug-likeness (QED) is 0.881. The smallest absolute Gasteiger partial charge is 0.246 e. The number of H-pyrrole nitrogens is 1. The summed E-state index contributed by atoms with van der Waals surface area (Å²) in [5.74, 6) is 0.0785. The molecule has 0 spiro atoms. The molecule has 1 saturated heterocycles. The highest BCUT2D eigenvalue weighted by atomic mass is 32.2. The largest absolute Gasteiger partial charge is 0.393 e. The van der Waals surface area contributed by atoms with Crippen molar-refractivity contribution in [2.24, 2.45) is 5.92 Å². The topological polar surface area (TPSA) is 86.3 Å². The van der Waals surface area contributed by atoms with E-state index < -0.39 is 10.0 Å². The summed E-state index contributed by atoms with van der Waals surface area (Å²) in [5, 5.41) is 16.9. The van der Waals surface area contributed by atoms with E-state index >= 15 is 0 Å². The summed E-state index contributed by atoms with van der Waals surface area (Å²) in [7, 11) is -3.54. The second-order valence-electron chi connectivity index (χ2n) is 6.25. The zero-order chi connectivity index (χ0) is 15.2. The van der Waals surface area contributed by atoms with E-state index in [2.05, 4.69) is 10.2 Å². The van der Waals surface area contributed by atoms with Gasteiger partial charge < -0.3 is 5.11 Å². The molecule has 2 heterocycles. The van der Waals surface area contributed by atoms with Gasteiger partial charge in [-0.2, -0.15) is 9.40 Å². The van der Waals surface area contributed by atoms with Crippen molar-refractivity contribution in [3.05, 3.63) is 11.4 Å². The minimum absolute atomic E-state index is 0.0683. The predicted octanol–water partition coefficient (Wildman–Crippen LogP) is 1.34. The van der Waals surface area contributed by atoms with Crippen molar-refractivity contribution in [2.75, 3.05) is 6.54 Å². The Morgan fingerprint density at radius 3 is 2.57 bits per heavy atom. The van der Waals surface area contributed by atoms with E-state index in [1.54, 1.807) is 18.2 Å². The van der Waals surface area contributed by atoms with E-state index in [9.17, 15) is 13.5 Å². The van der Waals surface area contributed by atoms with Crippen LogP contribution in [0.1, 0.15) is 43.5 Å². The maximum absolute atomic E-state index is 13.0. The highest BCUT2D eigenvalue weighted by molar-refractivity contribution is 7.89. The fraction of sp³-hybridized carbons (Fsp3) is 0.786. The standard InChI is InChI=1S/C14H23N3O3S/c1-9-14(10(2)16-15-9)21(19,20)17-8-4-6-12(17)11-5-3-7-13(11)18/h11-13,18H,3-8H2,1-2H3,(H,15,16). The Kier molecular flexibility index (Phi) is 3.83. The number of aromatic amines is 1. The van der Waals surface area contributed by atoms with Crippen molar-refractivity contribution in [3.8, 4) is 0 Å². The van der Waals surface area contributed by atoms with Gasteiger partial charge in [0, 0.05) is 18.5 Å². The number of hydrogen-bond donors (Lipinski definition) is 2. The maximum Gasteiger partial charge on any atom is 0.246 e. The van der Waals surface area contributed by atoms with Crippen LogP contribution in [0.2, 0.25) is 0 Å². The molecular weight excluding hydrogens is 290 g/mol. The highest BCUT2D eigenvalue weighted by Gasteiger charge is 2.44. The summed E-state index contributed by atoms with van der Waals surface area (Å²) in [6.07, 6.45) is 4.04. The monoisotopic (exact) mass is 313 g/mol. The number of aliphatic hydroxyl groups is 1. The SMILES string of the molecule is Cc1n[nH]c(C)c1S(=O)(=O)N1CCCC1C1CCCC1O. The second-order valence-corrected chi connectivity index (χ2v) is 8.08. The number of hydrogen-bond acceptors (Lipinski definition) is 4. The average molecular weight is 313 g/mol. The van der Waals surface area contributed by atoms with Crippen molar-refractivity contribution in [3.63, 3.8) is 0 Å². The van der Waals surface area contributed by atoms with Gasteiger partial charge in [-0.3, -0.25) is 5.10 Å². The van der Waals surface area contributed by atoms with Crippen molar-refractivity contribution >= 4 is 10.0 Å². The van der Waals surface area contributed by atoms with Crippen LogP contribution in [0.15, 0.2) is 4.90 Å². The minimum Gasteiger partial charge on any atom is -0.393 e. The molecule has 2 aliphatic rings. The normalized spacial score (nSPS) is 31.1. The first-order valence-electron chi connectivity index (χ1n) is 7.64. The third kappa shape index (κ3) is 2.41. The van der Waals surface area contributed by atoms with Gasteiger partial charge >= 0.3 is 0 Å². The lowest BCUT2D eigenvalue weighted by Gasteiger charge is -2.30. The summed E-state index contributed by atoms with van der Waals surface area (Å²) in [4.78, 5) is 0.307. The Morgan fingerprint density at radius 1 is 1.24 bits per heavy atom. The molecule has 1 aliphatic carbocycles. The van der Waals surface area contributed by atoms with Crippen LogP contribution in [-0.4, -0.2) is 46.7 Å². The molecular formula is C14H23N3O3S. The molecule has 3 atom stereocenters. The molecule has 21 heavy (non-hydrogen) atoms. The van der Waals surface area contributed by atoms with Crippen molar-refractivity contribution in [1.82, 2.24) is 14.5 Å². The number of nitrogens with one attached hydrogen (secondary N) is 1. The minimum atomic E-state index is -3.54. The van der Waals surface area contributed by atoms with Crippen molar-refractivity contribution in [2.45, 2.75) is 63.0 Å². The molecule has 1 aromatic rings. The summed E-state index contributed by atoms with van der Waals surface area (Å²) >= 11 is 0. The third-order valence-corrected chi connectivity index (χ3v) is 7.09. The molecule has 2 N–H and O–H groups in total. The first-order valence-corrected chi connectivity index (χ1v) is 9.08. The Hall–Kier alpha value is -0.920. The van der Waals surface area contributed by atoms with Crippen LogP contribution in [0.3, 0.4) is 0 Å². The molecule has 7 heteroatoms. The first kappa shape index (κ1) is 15.0. The van der Waals surface area contributed by atoms with Crippen LogP contribution in [0.25, 0.3) is 0 Å². The fourth-order valence-corrected chi connectivity index (χ4v) is 6.02. The first-order chi connectivity index (χ1) is 9.93. The average Bonchev–Trinajstić information content (AvgIpc) is 3.09. The van der Waals surface area contributed by atoms with Gasteiger partial charge in [0.2, 0.25) is 10.0 Å². The molecule has 3 rings (SSSR count). The number of aliphatic hydroxyl groups excluding tert-OH is 1. The molecule has 0 radical (unpaired) electrons. The molecule has 1 aromatic heterocycles. The third-order valence-electron chi connectivity index (χ3n) is 4.90. The summed E-state index contributed by atoms with van der Waals surface area (Å²) < 4.78 is 27.6. The van der Waals surface area contributed by atoms with Crippen LogP contribution in [0, 0.1) is 19.8 Å². The van der Waals surface area contributed by atoms with Crippen molar-refractivity contribution in [1.29, 1.82) is 0 Å². The summed E-state index contributed by atoms with van der Waals surface area (Å²) in [5.41, 5.74) is 1.11. The zero-order valence-electron chi connectivity index (χ0n) is 12.5. The molecule has 6 nitrogen and oxygen atoms in total. The molecule has 1 aliphatic heterocycles. The van der Waals surface area contributed by atoms with Gasteiger partial charge in [0.15, 0.2) is 0 Å². The van der Waals surface area contributed by atoms with E-state index in [0.717, 1.165) is 32.1 Å². The Bertz CT molecular complexity index is 606. The van der Waals surface area contributed by atoms with Gasteiger partial charge in [-0.15, -0.1) is 0 Å². The van der Waals surface area contributed by atoms with E-state index in [-0.39, 0.29) is 18.1 Å². The van der Waals surface area contributed by atoms with Gasteiger partial charge in [0.05, 0.1) is 17.5 Å². The molecule has 0 aromatic carbocycles. The summed E-state index contributed by atoms with van der Waals surface area (Å²) in [6.45, 7) is 3.99. The van der Waals surface area contributed by atoms with Crippen LogP contribution >= 0.6 is 0 Å². The van der Waals surface area contributed by atoms with E-state index in [1.807, 2.05) is 0 Å². The van der Waals surface area contributed by atoms with Gasteiger partial charge in [-0.1, -0.05) is 6.42 Å². The van der Waals surface area contributed by atoms with E-state index in [4.69, 9.17) is 0 Å². The van der Waals surface area contributed by atoms with Gasteiger partial charge in [0.25, 0.3) is 0 Å². The molecule has 118 valence electrons. The van der Waals surface area contributed by atoms with E-state index in [0.29, 0.717) is 22.8 Å². The van der Waals surface area contributed by atoms with Crippen molar-refractivity contribution < 1.29 is 13.5 Å². The Balaban J connectivity index is 1.94. The number of sulfonamides is 1. The lowest BCUT2D eigenvalue weighted by atomic mass is 9.95. The predicted molar refractivity (Wildman–Crippen MR) is 78.3 cm³/mol. The van der Waals surface area contributed by atoms with Gasteiger partial charge in [0.1, 0.15) is 4.90 Å². The van der Waals surface area contributed by atoms with Crippen LogP contribution in [0.5, 0.6) is 0 Å². The Morgan fingerprint density at radius 2 is 2.00 bits per heavy atom. The molecule has 1 saturated carbocycles. The Labute approximate surface area is 125 Å². The number of nitrogens with zero attached hydrogens (tertiary/aromatic N) is 2. The zero-order valence-corrected chi connectivity index (χ0v) is 13.4. The lowest BCUT2D eigenvalue weighted by molar-refractivity contribution is 0.0974. The lowest BCUT2D eigenvalue weighted by Crippen LogP contribution is -2.42. The number of rotatable bonds is 3. The van der Waals surface area contributed by atoms with Gasteiger partial charge in [-0.05, 0) is 39.5 Å². The molecule has 2 fully saturated rings. The maximum atomic E-state index is 13.0. The van der Waals surface area contributed by atoms with Crippen LogP contribution in [-0.2, 0) is 10.0 Å². The molecule has 0 amide bonds. The van der Waals surface area contributed by atoms with Crippen LogP contribution in [0.4, 0.5) is 0 Å². The number of aromatic nitrogens is 2. The fourth-order valence-electron chi connectivity index (χ4n) is 3.95. The van der Waals surface area contributed by atoms with Gasteiger partial charge in [-0.25, -0.2) is 8.42 Å². The molecule has 3 unspecified atom stereocenters. The number of aryl methyl sites for hydroxylation is 2. The second kappa shape index (κ2) is 5.37. The summed E-state index contributed by atoms with van der Waals surface area (Å²) in [6, 6.07) is -0.0683.